The van der Waals surface area contributed by atoms with Crippen LogP contribution in [0.15, 0.2) is 24.3 Å². The molecule has 6 heteroatoms. The number of rotatable bonds is 6. The number of carbonyl (C=O) groups is 2. The van der Waals surface area contributed by atoms with Gasteiger partial charge in [0.05, 0.1) is 0 Å². The number of nitrogens with zero attached hydrogens (tertiary/aromatic N) is 3. The molecule has 2 atom stereocenters. The predicted molar refractivity (Wildman–Crippen MR) is 118 cm³/mol. The Labute approximate surface area is 180 Å². The second-order valence-corrected chi connectivity index (χ2v) is 9.72. The molecular formula is C24H36N4O2. The van der Waals surface area contributed by atoms with Crippen molar-refractivity contribution in [2.75, 3.05) is 26.2 Å². The van der Waals surface area contributed by atoms with E-state index in [1.54, 1.807) is 12.1 Å². The van der Waals surface area contributed by atoms with E-state index in [1.165, 1.54) is 18.4 Å². The molecule has 2 bridgehead atoms. The summed E-state index contributed by atoms with van der Waals surface area (Å²) in [6.45, 7) is 9.57. The molecule has 2 amide bonds. The summed E-state index contributed by atoms with van der Waals surface area (Å²) in [4.78, 5) is 31.6. The number of benzene rings is 1. The first kappa shape index (κ1) is 21.3. The molecule has 3 fully saturated rings. The number of nitrogens with two attached hydrogens (primary N) is 1. The normalized spacial score (nSPS) is 25.8. The van der Waals surface area contributed by atoms with E-state index in [2.05, 4.69) is 28.5 Å². The van der Waals surface area contributed by atoms with E-state index in [9.17, 15) is 9.59 Å². The Morgan fingerprint density at radius 2 is 1.60 bits per heavy atom. The van der Waals surface area contributed by atoms with Crippen molar-refractivity contribution in [3.05, 3.63) is 35.4 Å². The summed E-state index contributed by atoms with van der Waals surface area (Å²) in [5.41, 5.74) is 7.07. The van der Waals surface area contributed by atoms with Crippen LogP contribution in [-0.4, -0.2) is 70.8 Å². The van der Waals surface area contributed by atoms with Gasteiger partial charge in [0.2, 0.25) is 11.8 Å². The monoisotopic (exact) mass is 412 g/mol. The third kappa shape index (κ3) is 4.70. The average Bonchev–Trinajstić information content (AvgIpc) is 2.99. The molecule has 164 valence electrons. The van der Waals surface area contributed by atoms with Gasteiger partial charge in [0, 0.05) is 49.7 Å². The van der Waals surface area contributed by atoms with Crippen molar-refractivity contribution in [2.45, 2.75) is 70.6 Å². The maximum atomic E-state index is 13.1. The Morgan fingerprint density at radius 3 is 2.13 bits per heavy atom. The maximum absolute atomic E-state index is 13.1. The van der Waals surface area contributed by atoms with Crippen LogP contribution < -0.4 is 5.73 Å². The number of piperidine rings is 1. The fraction of sp³-hybridized carbons (Fsp3) is 0.667. The molecule has 0 radical (unpaired) electrons. The van der Waals surface area contributed by atoms with E-state index in [1.807, 2.05) is 12.1 Å². The molecule has 1 aromatic carbocycles. The fourth-order valence-electron chi connectivity index (χ4n) is 5.50. The Kier molecular flexibility index (Phi) is 6.44. The summed E-state index contributed by atoms with van der Waals surface area (Å²) in [7, 11) is 0. The molecule has 3 aliphatic heterocycles. The molecule has 2 unspecified atom stereocenters. The summed E-state index contributed by atoms with van der Waals surface area (Å²) < 4.78 is 0. The first-order valence-electron chi connectivity index (χ1n) is 11.6. The minimum absolute atomic E-state index is 0.383. The number of hydrogen-bond donors (Lipinski definition) is 1. The predicted octanol–water partition coefficient (Wildman–Crippen LogP) is 2.47. The lowest BCUT2D eigenvalue weighted by atomic mass is 9.92. The highest BCUT2D eigenvalue weighted by atomic mass is 16.2. The highest BCUT2D eigenvalue weighted by Gasteiger charge is 2.43. The fourth-order valence-corrected chi connectivity index (χ4v) is 5.50. The lowest BCUT2D eigenvalue weighted by Crippen LogP contribution is -2.57. The van der Waals surface area contributed by atoms with Crippen molar-refractivity contribution in [1.82, 2.24) is 14.7 Å². The number of likely N-dealkylation sites (tertiary alicyclic amines) is 2. The largest absolute Gasteiger partial charge is 0.366 e. The van der Waals surface area contributed by atoms with Gasteiger partial charge in [-0.3, -0.25) is 19.4 Å². The number of primary amides is 1. The number of piperazine rings is 1. The van der Waals surface area contributed by atoms with Crippen molar-refractivity contribution in [1.29, 1.82) is 0 Å². The molecule has 3 heterocycles. The number of amides is 2. The third-order valence-corrected chi connectivity index (χ3v) is 7.34. The molecule has 30 heavy (non-hydrogen) atoms. The summed E-state index contributed by atoms with van der Waals surface area (Å²) in [6.07, 6.45) is 5.24. The van der Waals surface area contributed by atoms with Crippen LogP contribution in [0.1, 0.15) is 61.9 Å². The Balaban J connectivity index is 1.24. The molecule has 6 nitrogen and oxygen atoms in total. The smallest absolute Gasteiger partial charge is 0.248 e. The van der Waals surface area contributed by atoms with Crippen molar-refractivity contribution >= 4 is 11.8 Å². The van der Waals surface area contributed by atoms with Crippen LogP contribution in [-0.2, 0) is 11.3 Å². The summed E-state index contributed by atoms with van der Waals surface area (Å²) >= 11 is 0. The standard InChI is InChI=1S/C24H36N4O2/c1-17(2)27-15-21-7-8-22(16-27)28(21)23(29)13-18-9-11-26(12-10-18)14-19-3-5-20(6-4-19)24(25)30/h3-6,17-18,21-22H,7-16H2,1-2H3,(H2,25,30). The van der Waals surface area contributed by atoms with Crippen LogP contribution in [0.25, 0.3) is 0 Å². The topological polar surface area (TPSA) is 69.9 Å². The van der Waals surface area contributed by atoms with Gasteiger partial charge in [-0.15, -0.1) is 0 Å². The lowest BCUT2D eigenvalue weighted by Gasteiger charge is -2.43. The highest BCUT2D eigenvalue weighted by molar-refractivity contribution is 5.92. The van der Waals surface area contributed by atoms with Crippen LogP contribution in [0.5, 0.6) is 0 Å². The van der Waals surface area contributed by atoms with Gasteiger partial charge in [0.1, 0.15) is 0 Å². The van der Waals surface area contributed by atoms with E-state index < -0.39 is 0 Å². The van der Waals surface area contributed by atoms with E-state index in [0.717, 1.165) is 52.0 Å². The molecule has 0 spiro atoms. The van der Waals surface area contributed by atoms with Gasteiger partial charge in [-0.05, 0) is 76.2 Å². The second-order valence-electron chi connectivity index (χ2n) is 9.72. The van der Waals surface area contributed by atoms with Gasteiger partial charge in [-0.2, -0.15) is 0 Å². The van der Waals surface area contributed by atoms with Gasteiger partial charge in [-0.1, -0.05) is 12.1 Å². The summed E-state index contributed by atoms with van der Waals surface area (Å²) in [6, 6.07) is 9.02. The zero-order valence-electron chi connectivity index (χ0n) is 18.4. The minimum atomic E-state index is -0.383. The lowest BCUT2D eigenvalue weighted by molar-refractivity contribution is -0.138. The van der Waals surface area contributed by atoms with E-state index >= 15 is 0 Å². The molecule has 3 aliphatic rings. The van der Waals surface area contributed by atoms with Crippen molar-refractivity contribution in [2.24, 2.45) is 11.7 Å². The van der Waals surface area contributed by atoms with E-state index in [-0.39, 0.29) is 5.91 Å². The zero-order valence-corrected chi connectivity index (χ0v) is 18.4. The van der Waals surface area contributed by atoms with Crippen LogP contribution in [0.2, 0.25) is 0 Å². The Hall–Kier alpha value is -1.92. The molecule has 0 aromatic heterocycles. The quantitative estimate of drug-likeness (QED) is 0.779. The Morgan fingerprint density at radius 1 is 1.00 bits per heavy atom. The van der Waals surface area contributed by atoms with Crippen molar-refractivity contribution in [3.63, 3.8) is 0 Å². The van der Waals surface area contributed by atoms with E-state index in [0.29, 0.717) is 35.5 Å². The average molecular weight is 413 g/mol. The van der Waals surface area contributed by atoms with Crippen molar-refractivity contribution < 1.29 is 9.59 Å². The minimum Gasteiger partial charge on any atom is -0.366 e. The van der Waals surface area contributed by atoms with Crippen molar-refractivity contribution in [3.8, 4) is 0 Å². The SMILES string of the molecule is CC(C)N1CC2CCC(C1)N2C(=O)CC1CCN(Cc2ccc(C(N)=O)cc2)CC1. The number of carbonyl (C=O) groups excluding carboxylic acids is 2. The van der Waals surface area contributed by atoms with Gasteiger partial charge >= 0.3 is 0 Å². The van der Waals surface area contributed by atoms with Gasteiger partial charge in [0.25, 0.3) is 0 Å². The van der Waals surface area contributed by atoms with Crippen LogP contribution in [0, 0.1) is 5.92 Å². The molecule has 3 saturated heterocycles. The number of hydrogen-bond acceptors (Lipinski definition) is 4. The number of fused-ring (bicyclic) bond motifs is 2. The first-order valence-corrected chi connectivity index (χ1v) is 11.6. The van der Waals surface area contributed by atoms with Crippen LogP contribution >= 0.6 is 0 Å². The van der Waals surface area contributed by atoms with Crippen LogP contribution in [0.3, 0.4) is 0 Å². The third-order valence-electron chi connectivity index (χ3n) is 7.34. The molecule has 2 N–H and O–H groups in total. The molecule has 0 saturated carbocycles. The molecule has 0 aliphatic carbocycles. The first-order chi connectivity index (χ1) is 14.4. The molecular weight excluding hydrogens is 376 g/mol. The van der Waals surface area contributed by atoms with Gasteiger partial charge in [0.15, 0.2) is 0 Å². The summed E-state index contributed by atoms with van der Waals surface area (Å²) in [5, 5.41) is 0. The maximum Gasteiger partial charge on any atom is 0.248 e. The van der Waals surface area contributed by atoms with Gasteiger partial charge in [-0.25, -0.2) is 0 Å². The molecule has 1 aromatic rings. The van der Waals surface area contributed by atoms with Crippen LogP contribution in [0.4, 0.5) is 0 Å². The Bertz CT molecular complexity index is 741. The summed E-state index contributed by atoms with van der Waals surface area (Å²) in [5.74, 6) is 0.519. The van der Waals surface area contributed by atoms with Gasteiger partial charge < -0.3 is 10.6 Å². The highest BCUT2D eigenvalue weighted by Crippen LogP contribution is 2.33. The molecule has 4 rings (SSSR count). The zero-order chi connectivity index (χ0) is 21.3. The van der Waals surface area contributed by atoms with E-state index in [4.69, 9.17) is 5.73 Å². The second kappa shape index (κ2) is 9.06.